The minimum Gasteiger partial charge on any atom is -0.400 e. The molecule has 8 unspecified atom stereocenters. The fourth-order valence-corrected chi connectivity index (χ4v) is 11.6. The average molecular weight is 880 g/mol. The van der Waals surface area contributed by atoms with Crippen molar-refractivity contribution in [3.05, 3.63) is 0 Å². The average Bonchev–Trinajstić information content (AvgIpc) is 3.79. The summed E-state index contributed by atoms with van der Waals surface area (Å²) in [4.78, 5) is 42.1. The maximum absolute atomic E-state index is 11.9. The van der Waals surface area contributed by atoms with Crippen LogP contribution in [0.5, 0.6) is 0 Å². The lowest BCUT2D eigenvalue weighted by molar-refractivity contribution is -0.144. The van der Waals surface area contributed by atoms with Crippen LogP contribution in [0.3, 0.4) is 0 Å². The van der Waals surface area contributed by atoms with E-state index < -0.39 is 0 Å². The molecule has 5 saturated carbocycles. The molecule has 6 rings (SSSR count). The fourth-order valence-electron chi connectivity index (χ4n) is 11.6. The lowest BCUT2D eigenvalue weighted by atomic mass is 9.64. The minimum absolute atomic E-state index is 0.000878. The smallest absolute Gasteiger partial charge is 0.220 e. The Balaban J connectivity index is 0.000000320. The number of primary amides is 1. The van der Waals surface area contributed by atoms with Gasteiger partial charge in [-0.05, 0) is 133 Å². The molecular weight excluding hydrogens is 783 g/mol. The number of nitrogens with zero attached hydrogens (tertiary/aromatic N) is 2. The molecule has 0 bridgehead atoms. The molecule has 0 spiro atoms. The van der Waals surface area contributed by atoms with E-state index in [0.29, 0.717) is 53.0 Å². The van der Waals surface area contributed by atoms with Crippen molar-refractivity contribution in [3.8, 4) is 0 Å². The first-order chi connectivity index (χ1) is 29.7. The van der Waals surface area contributed by atoms with Crippen LogP contribution >= 0.6 is 0 Å². The molecule has 364 valence electrons. The van der Waals surface area contributed by atoms with Gasteiger partial charge in [0.15, 0.2) is 0 Å². The van der Waals surface area contributed by atoms with E-state index in [2.05, 4.69) is 62.4 Å². The van der Waals surface area contributed by atoms with E-state index >= 15 is 0 Å². The fraction of sp³-hybridized carbons (Fsp3) is 0.940. The zero-order valence-electron chi connectivity index (χ0n) is 41.2. The van der Waals surface area contributed by atoms with Gasteiger partial charge in [-0.15, -0.1) is 0 Å². The van der Waals surface area contributed by atoms with Crippen LogP contribution in [0.15, 0.2) is 0 Å². The number of hydroxylamine groups is 2. The van der Waals surface area contributed by atoms with Gasteiger partial charge in [0.05, 0.1) is 12.7 Å². The predicted octanol–water partition coefficient (Wildman–Crippen LogP) is 7.73. The molecule has 5 aliphatic carbocycles. The van der Waals surface area contributed by atoms with Gasteiger partial charge in [-0.2, -0.15) is 5.06 Å². The number of carbonyl (C=O) groups is 3. The maximum atomic E-state index is 11.9. The van der Waals surface area contributed by atoms with Crippen molar-refractivity contribution in [1.29, 1.82) is 0 Å². The standard InChI is InChI=1S/C20H37N3O3.C16H29NO.C11H21NO.C2H6O.CH4O/c1-22(2)17-11-15(10-16(12-17)20(21)24)18-7-4-6-14(19(18)25-3)13-23-8-5-9-26-23;18-16(12-11-14-7-3-1-4-8-14)17-13-15-9-5-2-6-10-15;1-8-6-11(3,4)9(2)5-10(8)12-7-13;1-2-3;1-2/h14-19H,4-13H2,1-3H3,(H2,21,24);14-15H,1-13H2,(H,17,18);7-10H,5-6H2,1-4H3,(H,12,13);3H,2H2,1H3;2H,1H3/t;;8?,9?,10-;;/m..0../s1. The number of nitrogens with two attached hydrogens (primary N) is 1. The highest BCUT2D eigenvalue weighted by Crippen LogP contribution is 2.45. The van der Waals surface area contributed by atoms with Crippen molar-refractivity contribution < 1.29 is 34.2 Å². The summed E-state index contributed by atoms with van der Waals surface area (Å²) >= 11 is 0. The second-order valence-electron chi connectivity index (χ2n) is 20.7. The molecule has 0 aromatic heterocycles. The van der Waals surface area contributed by atoms with Crippen LogP contribution in [0.1, 0.15) is 169 Å². The van der Waals surface area contributed by atoms with Gasteiger partial charge in [0.2, 0.25) is 18.2 Å². The highest BCUT2D eigenvalue weighted by Gasteiger charge is 2.44. The monoisotopic (exact) mass is 880 g/mol. The molecule has 12 heteroatoms. The summed E-state index contributed by atoms with van der Waals surface area (Å²) in [7, 11) is 7.10. The van der Waals surface area contributed by atoms with E-state index in [0.717, 1.165) is 96.5 Å². The van der Waals surface area contributed by atoms with Crippen molar-refractivity contribution in [3.63, 3.8) is 0 Å². The molecule has 0 radical (unpaired) electrons. The minimum atomic E-state index is -0.131. The lowest BCUT2D eigenvalue weighted by Crippen LogP contribution is -2.48. The van der Waals surface area contributed by atoms with Crippen LogP contribution in [0.4, 0.5) is 0 Å². The van der Waals surface area contributed by atoms with Crippen LogP contribution in [0.25, 0.3) is 0 Å². The van der Waals surface area contributed by atoms with E-state index in [1.807, 2.05) is 7.11 Å². The Morgan fingerprint density at radius 2 is 1.53 bits per heavy atom. The Kier molecular flexibility index (Phi) is 28.3. The molecule has 3 amide bonds. The van der Waals surface area contributed by atoms with Crippen LogP contribution in [0, 0.1) is 52.8 Å². The first kappa shape index (κ1) is 56.3. The molecule has 6 aliphatic rings. The lowest BCUT2D eigenvalue weighted by Gasteiger charge is -2.46. The zero-order chi connectivity index (χ0) is 46.1. The topological polar surface area (TPSA) is 167 Å². The van der Waals surface area contributed by atoms with Crippen LogP contribution < -0.4 is 16.4 Å². The Labute approximate surface area is 379 Å². The normalized spacial score (nSPS) is 31.6. The van der Waals surface area contributed by atoms with Gasteiger partial charge in [-0.3, -0.25) is 19.2 Å². The Morgan fingerprint density at radius 3 is 2.08 bits per heavy atom. The molecule has 0 aromatic carbocycles. The third-order valence-corrected chi connectivity index (χ3v) is 15.6. The van der Waals surface area contributed by atoms with Crippen LogP contribution in [-0.4, -0.2) is 118 Å². The van der Waals surface area contributed by atoms with Gasteiger partial charge in [-0.25, -0.2) is 0 Å². The van der Waals surface area contributed by atoms with E-state index in [1.54, 1.807) is 6.92 Å². The second-order valence-corrected chi connectivity index (χ2v) is 20.7. The number of methoxy groups -OCH3 is 1. The van der Waals surface area contributed by atoms with Crippen molar-refractivity contribution >= 4 is 18.2 Å². The van der Waals surface area contributed by atoms with Gasteiger partial charge in [-0.1, -0.05) is 85.5 Å². The first-order valence-corrected chi connectivity index (χ1v) is 25.1. The highest BCUT2D eigenvalue weighted by molar-refractivity contribution is 5.77. The van der Waals surface area contributed by atoms with Crippen molar-refractivity contribution in [2.75, 3.05) is 61.2 Å². The molecule has 6 fully saturated rings. The number of nitrogens with one attached hydrogen (secondary N) is 2. The van der Waals surface area contributed by atoms with Gasteiger partial charge in [0.25, 0.3) is 0 Å². The van der Waals surface area contributed by atoms with Crippen molar-refractivity contribution in [2.24, 2.45) is 58.5 Å². The second kappa shape index (κ2) is 31.2. The van der Waals surface area contributed by atoms with Crippen LogP contribution in [-0.2, 0) is 24.0 Å². The molecule has 1 saturated heterocycles. The Hall–Kier alpha value is -1.83. The molecule has 6 N–H and O–H groups in total. The summed E-state index contributed by atoms with van der Waals surface area (Å²) < 4.78 is 6.06. The summed E-state index contributed by atoms with van der Waals surface area (Å²) in [5.74, 6) is 4.62. The first-order valence-electron chi connectivity index (χ1n) is 25.1. The van der Waals surface area contributed by atoms with Gasteiger partial charge >= 0.3 is 0 Å². The molecule has 0 aromatic rings. The van der Waals surface area contributed by atoms with Crippen molar-refractivity contribution in [1.82, 2.24) is 20.6 Å². The quantitative estimate of drug-likeness (QED) is 0.116. The third kappa shape index (κ3) is 20.1. The SMILES string of the molecule is CC1CC(C)(C)C(C)C[C@@H]1NC=O.CCO.CO.COC1C(CN2CCCO2)CCCC1C1CC(C(N)=O)CC(N(C)C)C1.O=C(CCC1CCCCC1)NCC1CCCCC1. The predicted molar refractivity (Wildman–Crippen MR) is 252 cm³/mol. The number of aliphatic hydroxyl groups excluding tert-OH is 2. The van der Waals surface area contributed by atoms with Crippen molar-refractivity contribution in [2.45, 2.75) is 188 Å². The molecular formula is C50H97N5O7. The highest BCUT2D eigenvalue weighted by atomic mass is 16.7. The van der Waals surface area contributed by atoms with Gasteiger partial charge < -0.3 is 36.2 Å². The van der Waals surface area contributed by atoms with E-state index in [9.17, 15) is 14.4 Å². The largest absolute Gasteiger partial charge is 0.400 e. The number of hydrogen-bond donors (Lipinski definition) is 5. The summed E-state index contributed by atoms with van der Waals surface area (Å²) in [6, 6.07) is 0.826. The number of rotatable bonds is 13. The summed E-state index contributed by atoms with van der Waals surface area (Å²) in [6.45, 7) is 14.9. The number of aliphatic hydroxyl groups is 2. The Bertz CT molecular complexity index is 1170. The molecule has 1 aliphatic heterocycles. The van der Waals surface area contributed by atoms with E-state index in [4.69, 9.17) is 25.5 Å². The van der Waals surface area contributed by atoms with Crippen LogP contribution in [0.2, 0.25) is 0 Å². The summed E-state index contributed by atoms with van der Waals surface area (Å²) in [5, 5.41) is 22.8. The number of ether oxygens (including phenoxy) is 1. The third-order valence-electron chi connectivity index (χ3n) is 15.6. The van der Waals surface area contributed by atoms with E-state index in [1.165, 1.54) is 89.9 Å². The number of hydrogen-bond acceptors (Lipinski definition) is 9. The number of carbonyl (C=O) groups excluding carboxylic acids is 3. The zero-order valence-corrected chi connectivity index (χ0v) is 41.2. The van der Waals surface area contributed by atoms with Gasteiger partial charge in [0.1, 0.15) is 0 Å². The van der Waals surface area contributed by atoms with E-state index in [-0.39, 0.29) is 24.5 Å². The summed E-state index contributed by atoms with van der Waals surface area (Å²) in [6.07, 6.45) is 26.7. The maximum Gasteiger partial charge on any atom is 0.220 e. The van der Waals surface area contributed by atoms with Gasteiger partial charge in [0, 0.05) is 70.8 Å². The molecule has 62 heavy (non-hydrogen) atoms. The Morgan fingerprint density at radius 1 is 0.903 bits per heavy atom. The summed E-state index contributed by atoms with van der Waals surface area (Å²) in [5.41, 5.74) is 6.14. The molecule has 12 nitrogen and oxygen atoms in total. The number of amides is 3. The molecule has 9 atom stereocenters. The molecule has 1 heterocycles.